The van der Waals surface area contributed by atoms with Gasteiger partial charge in [-0.25, -0.2) is 15.0 Å². The molecule has 1 aromatic carbocycles. The second-order valence-electron chi connectivity index (χ2n) is 6.52. The lowest BCUT2D eigenvalue weighted by Gasteiger charge is -2.07. The Kier molecular flexibility index (Phi) is 6.52. The van der Waals surface area contributed by atoms with Crippen molar-refractivity contribution < 1.29 is 9.85 Å². The van der Waals surface area contributed by atoms with Crippen molar-refractivity contribution in [3.8, 4) is 0 Å². The molecule has 3 aromatic rings. The summed E-state index contributed by atoms with van der Waals surface area (Å²) < 4.78 is 0. The van der Waals surface area contributed by atoms with E-state index < -0.39 is 9.85 Å². The number of H-pyrrole nitrogens is 1. The predicted octanol–water partition coefficient (Wildman–Crippen LogP) is 2.84. The number of nitrogen functional groups attached to an aromatic ring is 1. The number of imidazole rings is 1. The van der Waals surface area contributed by atoms with E-state index in [9.17, 15) is 20.2 Å². The number of nitrogens with one attached hydrogen (secondary N) is 3. The highest BCUT2D eigenvalue weighted by Gasteiger charge is 2.18. The van der Waals surface area contributed by atoms with E-state index in [-0.39, 0.29) is 17.1 Å². The number of non-ortho nitro benzene ring substituents is 1. The number of fused-ring (bicyclic) bond motifs is 1. The van der Waals surface area contributed by atoms with Crippen molar-refractivity contribution in [3.05, 3.63) is 44.8 Å². The highest BCUT2D eigenvalue weighted by molar-refractivity contribution is 5.82. The number of aromatic amines is 1. The maximum atomic E-state index is 11.1. The molecular weight excluding hydrogens is 394 g/mol. The Hall–Kier alpha value is -4.03. The zero-order valence-electron chi connectivity index (χ0n) is 16.0. The fraction of sp³-hybridized carbons (Fsp3) is 0.353. The zero-order valence-corrected chi connectivity index (χ0v) is 16.0. The van der Waals surface area contributed by atoms with Crippen LogP contribution in [0.15, 0.2) is 24.5 Å². The Morgan fingerprint density at radius 2 is 1.73 bits per heavy atom. The molecule has 5 N–H and O–H groups in total. The molecule has 0 amide bonds. The number of nitro benzene ring substituents is 2. The van der Waals surface area contributed by atoms with E-state index >= 15 is 0 Å². The minimum Gasteiger partial charge on any atom is -0.382 e. The van der Waals surface area contributed by atoms with Gasteiger partial charge in [-0.05, 0) is 18.9 Å². The maximum Gasteiger partial charge on any atom is 0.299 e. The molecule has 13 heteroatoms. The standard InChI is InChI=1S/C17H21N9O4/c18-15-14-16(22-10-21-15)24-17(23-14)20-8-4-2-1-3-7-19-12-6-5-11(25(27)28)9-13(12)26(29)30/h5-6,9-10,19H,1-4,7-8H2,(H4,18,20,21,22,23,24). The number of rotatable bonds is 11. The van der Waals surface area contributed by atoms with Crippen LogP contribution in [-0.4, -0.2) is 42.9 Å². The molecule has 0 radical (unpaired) electrons. The lowest BCUT2D eigenvalue weighted by Crippen LogP contribution is -2.06. The minimum absolute atomic E-state index is 0.277. The summed E-state index contributed by atoms with van der Waals surface area (Å²) in [4.78, 5) is 35.9. The van der Waals surface area contributed by atoms with Gasteiger partial charge in [0.05, 0.1) is 15.9 Å². The summed E-state index contributed by atoms with van der Waals surface area (Å²) in [5, 5.41) is 28.0. The molecular formula is C17H21N9O4. The van der Waals surface area contributed by atoms with Gasteiger partial charge in [0.25, 0.3) is 11.4 Å². The third kappa shape index (κ3) is 5.06. The van der Waals surface area contributed by atoms with E-state index in [1.807, 2.05) is 0 Å². The van der Waals surface area contributed by atoms with Gasteiger partial charge in [0.15, 0.2) is 17.0 Å². The Morgan fingerprint density at radius 1 is 1.00 bits per heavy atom. The van der Waals surface area contributed by atoms with Crippen molar-refractivity contribution >= 4 is 40.0 Å². The van der Waals surface area contributed by atoms with E-state index in [1.54, 1.807) is 0 Å². The Balaban J connectivity index is 1.36. The molecule has 3 rings (SSSR count). The molecule has 0 saturated carbocycles. The number of aromatic nitrogens is 4. The van der Waals surface area contributed by atoms with E-state index in [2.05, 4.69) is 30.6 Å². The van der Waals surface area contributed by atoms with Crippen LogP contribution in [0.4, 0.5) is 28.8 Å². The van der Waals surface area contributed by atoms with Gasteiger partial charge in [0.2, 0.25) is 5.95 Å². The number of benzene rings is 1. The van der Waals surface area contributed by atoms with E-state index in [0.29, 0.717) is 36.0 Å². The van der Waals surface area contributed by atoms with Crippen LogP contribution in [0.3, 0.4) is 0 Å². The molecule has 0 bridgehead atoms. The molecule has 30 heavy (non-hydrogen) atoms. The molecule has 2 aromatic heterocycles. The van der Waals surface area contributed by atoms with Gasteiger partial charge in [-0.1, -0.05) is 12.8 Å². The van der Waals surface area contributed by atoms with Crippen LogP contribution in [0.25, 0.3) is 11.2 Å². The topological polar surface area (TPSA) is 191 Å². The molecule has 0 fully saturated rings. The predicted molar refractivity (Wildman–Crippen MR) is 111 cm³/mol. The quantitative estimate of drug-likeness (QED) is 0.206. The highest BCUT2D eigenvalue weighted by Crippen LogP contribution is 2.28. The number of hydrogen-bond donors (Lipinski definition) is 4. The van der Waals surface area contributed by atoms with E-state index in [1.165, 1.54) is 18.5 Å². The first-order valence-electron chi connectivity index (χ1n) is 9.32. The van der Waals surface area contributed by atoms with Crippen LogP contribution in [0, 0.1) is 20.2 Å². The smallest absolute Gasteiger partial charge is 0.299 e. The molecule has 0 unspecified atom stereocenters. The Morgan fingerprint density at radius 3 is 2.40 bits per heavy atom. The second kappa shape index (κ2) is 9.45. The summed E-state index contributed by atoms with van der Waals surface area (Å²) in [6, 6.07) is 3.58. The monoisotopic (exact) mass is 415 g/mol. The highest BCUT2D eigenvalue weighted by atomic mass is 16.6. The second-order valence-corrected chi connectivity index (χ2v) is 6.52. The lowest BCUT2D eigenvalue weighted by atomic mass is 10.2. The summed E-state index contributed by atoms with van der Waals surface area (Å²) in [5.41, 5.74) is 6.53. The number of nitrogens with two attached hydrogens (primary N) is 1. The number of unbranched alkanes of at least 4 members (excludes halogenated alkanes) is 3. The molecule has 0 spiro atoms. The summed E-state index contributed by atoms with van der Waals surface area (Å²) >= 11 is 0. The van der Waals surface area contributed by atoms with Crippen molar-refractivity contribution in [2.24, 2.45) is 0 Å². The number of hydrogen-bond acceptors (Lipinski definition) is 10. The number of nitro groups is 2. The molecule has 0 aliphatic rings. The minimum atomic E-state index is -0.654. The third-order valence-corrected chi connectivity index (χ3v) is 4.41. The van der Waals surface area contributed by atoms with Crippen LogP contribution in [0.5, 0.6) is 0 Å². The molecule has 0 atom stereocenters. The zero-order chi connectivity index (χ0) is 21.5. The molecule has 2 heterocycles. The molecule has 0 saturated heterocycles. The maximum absolute atomic E-state index is 11.1. The van der Waals surface area contributed by atoms with Gasteiger partial charge >= 0.3 is 0 Å². The fourth-order valence-electron chi connectivity index (χ4n) is 2.90. The Labute approximate surface area is 170 Å². The number of anilines is 3. The van der Waals surface area contributed by atoms with Crippen LogP contribution in [0.1, 0.15) is 25.7 Å². The van der Waals surface area contributed by atoms with Crippen LogP contribution < -0.4 is 16.4 Å². The fourth-order valence-corrected chi connectivity index (χ4v) is 2.90. The van der Waals surface area contributed by atoms with Gasteiger partial charge in [0.1, 0.15) is 12.0 Å². The number of nitrogens with zero attached hydrogens (tertiary/aromatic N) is 5. The first-order chi connectivity index (χ1) is 14.5. The van der Waals surface area contributed by atoms with E-state index in [0.717, 1.165) is 31.7 Å². The largest absolute Gasteiger partial charge is 0.382 e. The summed E-state index contributed by atoms with van der Waals surface area (Å²) in [6.45, 7) is 1.25. The molecule has 13 nitrogen and oxygen atoms in total. The normalized spacial score (nSPS) is 10.8. The summed E-state index contributed by atoms with van der Waals surface area (Å²) in [7, 11) is 0. The van der Waals surface area contributed by atoms with Crippen molar-refractivity contribution in [3.63, 3.8) is 0 Å². The first kappa shape index (κ1) is 20.7. The average molecular weight is 415 g/mol. The van der Waals surface area contributed by atoms with Crippen LogP contribution >= 0.6 is 0 Å². The van der Waals surface area contributed by atoms with Gasteiger partial charge in [0, 0.05) is 19.2 Å². The van der Waals surface area contributed by atoms with Gasteiger partial charge in [-0.3, -0.25) is 20.2 Å². The van der Waals surface area contributed by atoms with Crippen LogP contribution in [-0.2, 0) is 0 Å². The average Bonchev–Trinajstić information content (AvgIpc) is 3.14. The lowest BCUT2D eigenvalue weighted by molar-refractivity contribution is -0.393. The molecule has 0 aliphatic heterocycles. The van der Waals surface area contributed by atoms with Crippen LogP contribution in [0.2, 0.25) is 0 Å². The van der Waals surface area contributed by atoms with Gasteiger partial charge < -0.3 is 21.4 Å². The molecule has 158 valence electrons. The Bertz CT molecular complexity index is 1050. The summed E-state index contributed by atoms with van der Waals surface area (Å²) in [6.07, 6.45) is 4.98. The van der Waals surface area contributed by atoms with Crippen molar-refractivity contribution in [1.29, 1.82) is 0 Å². The summed E-state index contributed by atoms with van der Waals surface area (Å²) in [5.74, 6) is 0.911. The van der Waals surface area contributed by atoms with Crippen molar-refractivity contribution in [2.45, 2.75) is 25.7 Å². The van der Waals surface area contributed by atoms with Gasteiger partial charge in [-0.15, -0.1) is 0 Å². The third-order valence-electron chi connectivity index (χ3n) is 4.41. The van der Waals surface area contributed by atoms with Gasteiger partial charge in [-0.2, -0.15) is 0 Å². The van der Waals surface area contributed by atoms with E-state index in [4.69, 9.17) is 5.73 Å². The van der Waals surface area contributed by atoms with Crippen molar-refractivity contribution in [2.75, 3.05) is 29.5 Å². The van der Waals surface area contributed by atoms with Crippen molar-refractivity contribution in [1.82, 2.24) is 19.9 Å². The molecule has 0 aliphatic carbocycles. The SMILES string of the molecule is Nc1ncnc2[nH]c(NCCCCCCNc3ccc([N+](=O)[O-])cc3[N+](=O)[O-])nc12. The first-order valence-corrected chi connectivity index (χ1v) is 9.32.